The Morgan fingerprint density at radius 1 is 1.50 bits per heavy atom. The first-order chi connectivity index (χ1) is 6.72. The second-order valence-electron chi connectivity index (χ2n) is 2.87. The Bertz CT molecular complexity index is 468. The van der Waals surface area contributed by atoms with E-state index in [9.17, 15) is 4.39 Å². The van der Waals surface area contributed by atoms with Crippen LogP contribution in [0.2, 0.25) is 5.28 Å². The molecule has 0 bridgehead atoms. The maximum atomic E-state index is 12.1. The van der Waals surface area contributed by atoms with Crippen molar-refractivity contribution in [3.05, 3.63) is 17.2 Å². The lowest BCUT2D eigenvalue weighted by molar-refractivity contribution is 0.432. The molecule has 0 aliphatic carbocycles. The number of alkyl halides is 1. The summed E-state index contributed by atoms with van der Waals surface area (Å²) in [6.45, 7) is 1.53. The number of halogens is 2. The lowest BCUT2D eigenvalue weighted by Gasteiger charge is -1.99. The van der Waals surface area contributed by atoms with Crippen LogP contribution >= 0.6 is 11.6 Å². The van der Waals surface area contributed by atoms with Gasteiger partial charge in [0.25, 0.3) is 0 Å². The zero-order valence-corrected chi connectivity index (χ0v) is 8.29. The van der Waals surface area contributed by atoms with E-state index >= 15 is 0 Å². The highest BCUT2D eigenvalue weighted by atomic mass is 35.5. The lowest BCUT2D eigenvalue weighted by Crippen LogP contribution is -2.03. The van der Waals surface area contributed by atoms with Gasteiger partial charge in [-0.15, -0.1) is 0 Å². The van der Waals surface area contributed by atoms with E-state index in [1.165, 1.54) is 4.68 Å². The second kappa shape index (κ2) is 3.49. The van der Waals surface area contributed by atoms with E-state index < -0.39 is 6.67 Å². The number of rotatable bonds is 2. The molecule has 2 aromatic heterocycles. The summed E-state index contributed by atoms with van der Waals surface area (Å²) >= 11 is 5.70. The predicted molar refractivity (Wildman–Crippen MR) is 51.0 cm³/mol. The highest BCUT2D eigenvalue weighted by Crippen LogP contribution is 2.16. The summed E-state index contributed by atoms with van der Waals surface area (Å²) in [5.41, 5.74) is 1.34. The van der Waals surface area contributed by atoms with Crippen LogP contribution in [0.15, 0.2) is 6.20 Å². The van der Waals surface area contributed by atoms with Gasteiger partial charge >= 0.3 is 0 Å². The van der Waals surface area contributed by atoms with Crippen molar-refractivity contribution in [3.63, 3.8) is 0 Å². The van der Waals surface area contributed by atoms with Gasteiger partial charge < -0.3 is 0 Å². The molecule has 0 aliphatic rings. The van der Waals surface area contributed by atoms with E-state index in [0.29, 0.717) is 5.65 Å². The zero-order chi connectivity index (χ0) is 10.1. The largest absolute Gasteiger partial charge is 0.249 e. The van der Waals surface area contributed by atoms with E-state index in [-0.39, 0.29) is 11.8 Å². The number of fused-ring (bicyclic) bond motifs is 1. The molecule has 4 nitrogen and oxygen atoms in total. The van der Waals surface area contributed by atoms with Crippen LogP contribution in [0.3, 0.4) is 0 Å². The fourth-order valence-electron chi connectivity index (χ4n) is 1.31. The molecule has 2 rings (SSSR count). The monoisotopic (exact) mass is 214 g/mol. The molecule has 2 heterocycles. The highest BCUT2D eigenvalue weighted by molar-refractivity contribution is 6.28. The van der Waals surface area contributed by atoms with Gasteiger partial charge in [0.1, 0.15) is 6.67 Å². The van der Waals surface area contributed by atoms with Gasteiger partial charge in [0.05, 0.1) is 23.8 Å². The van der Waals surface area contributed by atoms with Crippen molar-refractivity contribution in [1.82, 2.24) is 19.7 Å². The highest BCUT2D eigenvalue weighted by Gasteiger charge is 2.08. The molecule has 0 saturated carbocycles. The minimum absolute atomic E-state index is 0.163. The third-order valence-corrected chi connectivity index (χ3v) is 2.12. The Morgan fingerprint density at radius 2 is 2.29 bits per heavy atom. The van der Waals surface area contributed by atoms with Crippen molar-refractivity contribution < 1.29 is 4.39 Å². The summed E-state index contributed by atoms with van der Waals surface area (Å²) in [5.74, 6) is 0. The van der Waals surface area contributed by atoms with Crippen LogP contribution in [-0.2, 0) is 6.54 Å². The first-order valence-corrected chi connectivity index (χ1v) is 4.52. The summed E-state index contributed by atoms with van der Waals surface area (Å²) in [4.78, 5) is 7.99. The van der Waals surface area contributed by atoms with Gasteiger partial charge in [0.15, 0.2) is 5.65 Å². The standard InChI is InChI=1S/C8H8ClFN4/c1-5-6-4-11-14(3-2-10)7(6)13-8(9)12-5/h4H,2-3H2,1H3. The molecule has 0 atom stereocenters. The van der Waals surface area contributed by atoms with Gasteiger partial charge in [-0.2, -0.15) is 10.1 Å². The van der Waals surface area contributed by atoms with Gasteiger partial charge in [-0.05, 0) is 18.5 Å². The molecule has 0 fully saturated rings. The summed E-state index contributed by atoms with van der Waals surface area (Å²) < 4.78 is 13.6. The van der Waals surface area contributed by atoms with Crippen LogP contribution in [0.5, 0.6) is 0 Å². The van der Waals surface area contributed by atoms with Crippen molar-refractivity contribution >= 4 is 22.6 Å². The van der Waals surface area contributed by atoms with E-state index in [1.807, 2.05) is 6.92 Å². The zero-order valence-electron chi connectivity index (χ0n) is 7.54. The van der Waals surface area contributed by atoms with Gasteiger partial charge in [0, 0.05) is 0 Å². The van der Waals surface area contributed by atoms with Crippen molar-refractivity contribution in [2.24, 2.45) is 0 Å². The van der Waals surface area contributed by atoms with Crippen LogP contribution in [0, 0.1) is 6.92 Å². The molecule has 0 unspecified atom stereocenters. The minimum atomic E-state index is -0.475. The Morgan fingerprint density at radius 3 is 3.00 bits per heavy atom. The van der Waals surface area contributed by atoms with Gasteiger partial charge in [-0.1, -0.05) is 0 Å². The lowest BCUT2D eigenvalue weighted by atomic mass is 10.3. The van der Waals surface area contributed by atoms with Crippen molar-refractivity contribution in [2.45, 2.75) is 13.5 Å². The fourth-order valence-corrected chi connectivity index (χ4v) is 1.51. The van der Waals surface area contributed by atoms with Crippen LogP contribution in [-0.4, -0.2) is 26.4 Å². The third kappa shape index (κ3) is 1.43. The molecule has 14 heavy (non-hydrogen) atoms. The smallest absolute Gasteiger partial charge is 0.224 e. The quantitative estimate of drug-likeness (QED) is 0.716. The molecule has 0 radical (unpaired) electrons. The predicted octanol–water partition coefficient (Wildman–Crippen LogP) is 1.76. The molecular formula is C8H8ClFN4. The maximum absolute atomic E-state index is 12.1. The van der Waals surface area contributed by atoms with Gasteiger partial charge in [0.2, 0.25) is 5.28 Å². The third-order valence-electron chi connectivity index (χ3n) is 1.96. The SMILES string of the molecule is Cc1nc(Cl)nc2c1cnn2CCF. The van der Waals surface area contributed by atoms with E-state index in [0.717, 1.165) is 11.1 Å². The normalized spacial score (nSPS) is 11.1. The van der Waals surface area contributed by atoms with Crippen molar-refractivity contribution in [2.75, 3.05) is 6.67 Å². The van der Waals surface area contributed by atoms with Crippen LogP contribution in [0.25, 0.3) is 11.0 Å². The average Bonchev–Trinajstić information content (AvgIpc) is 2.49. The summed E-state index contributed by atoms with van der Waals surface area (Å²) in [6.07, 6.45) is 1.62. The second-order valence-corrected chi connectivity index (χ2v) is 3.21. The molecule has 74 valence electrons. The maximum Gasteiger partial charge on any atom is 0.224 e. The van der Waals surface area contributed by atoms with E-state index in [4.69, 9.17) is 11.6 Å². The number of nitrogens with zero attached hydrogens (tertiary/aromatic N) is 4. The minimum Gasteiger partial charge on any atom is -0.249 e. The van der Waals surface area contributed by atoms with E-state index in [1.54, 1.807) is 6.20 Å². The number of aryl methyl sites for hydroxylation is 2. The molecule has 2 aromatic rings. The average molecular weight is 215 g/mol. The molecule has 0 aromatic carbocycles. The van der Waals surface area contributed by atoms with Crippen LogP contribution in [0.1, 0.15) is 5.69 Å². The van der Waals surface area contributed by atoms with Crippen molar-refractivity contribution in [1.29, 1.82) is 0 Å². The van der Waals surface area contributed by atoms with Gasteiger partial charge in [-0.25, -0.2) is 14.1 Å². The Hall–Kier alpha value is -1.23. The molecular weight excluding hydrogens is 207 g/mol. The number of hydrogen-bond donors (Lipinski definition) is 0. The first kappa shape index (κ1) is 9.33. The molecule has 0 N–H and O–H groups in total. The fraction of sp³-hybridized carbons (Fsp3) is 0.375. The molecule has 0 spiro atoms. The Kier molecular flexibility index (Phi) is 2.33. The van der Waals surface area contributed by atoms with Crippen LogP contribution < -0.4 is 0 Å². The summed E-state index contributed by atoms with van der Waals surface area (Å²) in [5, 5.41) is 4.97. The van der Waals surface area contributed by atoms with Crippen LogP contribution in [0.4, 0.5) is 4.39 Å². The Labute approximate surface area is 84.7 Å². The topological polar surface area (TPSA) is 43.6 Å². The summed E-state index contributed by atoms with van der Waals surface area (Å²) in [6, 6.07) is 0. The molecule has 0 aliphatic heterocycles. The number of hydrogen-bond acceptors (Lipinski definition) is 3. The van der Waals surface area contributed by atoms with E-state index in [2.05, 4.69) is 15.1 Å². The Balaban J connectivity index is 2.66. The number of aromatic nitrogens is 4. The van der Waals surface area contributed by atoms with Crippen molar-refractivity contribution in [3.8, 4) is 0 Å². The molecule has 6 heteroatoms. The summed E-state index contributed by atoms with van der Waals surface area (Å²) in [7, 11) is 0. The first-order valence-electron chi connectivity index (χ1n) is 4.14. The molecule has 0 saturated heterocycles. The molecule has 0 amide bonds. The van der Waals surface area contributed by atoms with Gasteiger partial charge in [-0.3, -0.25) is 0 Å².